The van der Waals surface area contributed by atoms with Gasteiger partial charge in [-0.2, -0.15) is 0 Å². The number of hydrogen-bond donors (Lipinski definition) is 0. The molecule has 0 atom stereocenters. The van der Waals surface area contributed by atoms with Crippen LogP contribution in [0.2, 0.25) is 10.0 Å². The van der Waals surface area contributed by atoms with E-state index in [1.165, 1.54) is 5.56 Å². The molecule has 0 spiro atoms. The molecule has 3 nitrogen and oxygen atoms in total. The van der Waals surface area contributed by atoms with Gasteiger partial charge in [0.2, 0.25) is 0 Å². The van der Waals surface area contributed by atoms with E-state index in [1.54, 1.807) is 31.4 Å². The van der Waals surface area contributed by atoms with Gasteiger partial charge in [-0.15, -0.1) is 23.5 Å². The Kier molecular flexibility index (Phi) is 6.44. The smallest absolute Gasteiger partial charge is 0.315 e. The summed E-state index contributed by atoms with van der Waals surface area (Å²) in [6, 6.07) is 10.7. The van der Waals surface area contributed by atoms with Gasteiger partial charge in [0.05, 0.1) is 18.1 Å². The number of halogens is 2. The van der Waals surface area contributed by atoms with Gasteiger partial charge in [-0.05, 0) is 35.4 Å². The summed E-state index contributed by atoms with van der Waals surface area (Å²) in [5, 5.41) is 0.976. The van der Waals surface area contributed by atoms with Crippen molar-refractivity contribution >= 4 is 52.7 Å². The van der Waals surface area contributed by atoms with Gasteiger partial charge < -0.3 is 9.47 Å². The molecule has 1 fully saturated rings. The normalized spacial score (nSPS) is 14.5. The average Bonchev–Trinajstić information content (AvgIpc) is 3.12. The molecule has 0 unspecified atom stereocenters. The number of esters is 1. The van der Waals surface area contributed by atoms with E-state index < -0.39 is 5.97 Å². The van der Waals surface area contributed by atoms with Crippen molar-refractivity contribution in [1.29, 1.82) is 0 Å². The molecule has 0 N–H and O–H groups in total. The highest BCUT2D eigenvalue weighted by Crippen LogP contribution is 2.47. The van der Waals surface area contributed by atoms with Crippen LogP contribution in [0.1, 0.15) is 15.7 Å². The molecule has 132 valence electrons. The summed E-state index contributed by atoms with van der Waals surface area (Å²) < 4.78 is 11.3. The number of carbonyl (C=O) groups excluding carboxylic acids is 1. The highest BCUT2D eigenvalue weighted by atomic mass is 35.5. The van der Waals surface area contributed by atoms with Crippen LogP contribution in [0.5, 0.6) is 11.5 Å². The van der Waals surface area contributed by atoms with Gasteiger partial charge in [0.15, 0.2) is 11.5 Å². The first kappa shape index (κ1) is 18.8. The van der Waals surface area contributed by atoms with Crippen LogP contribution < -0.4 is 9.47 Å². The third-order valence-electron chi connectivity index (χ3n) is 3.66. The van der Waals surface area contributed by atoms with E-state index in [9.17, 15) is 4.79 Å². The van der Waals surface area contributed by atoms with Crippen molar-refractivity contribution in [3.63, 3.8) is 0 Å². The zero-order chi connectivity index (χ0) is 17.8. The van der Waals surface area contributed by atoms with Crippen molar-refractivity contribution in [2.75, 3.05) is 18.6 Å². The standard InChI is InChI=1S/C18H16Cl2O3S2/c1-22-16-8-12(18-24-6-7-25-18)3-5-15(16)23-17(21)9-11-2-4-13(19)10-14(11)20/h2-5,8,10,18H,6-7,9H2,1H3. The van der Waals surface area contributed by atoms with Gasteiger partial charge >= 0.3 is 5.97 Å². The van der Waals surface area contributed by atoms with Crippen LogP contribution in [-0.4, -0.2) is 24.6 Å². The number of rotatable bonds is 5. The lowest BCUT2D eigenvalue weighted by Gasteiger charge is -2.14. The molecule has 0 bridgehead atoms. The van der Waals surface area contributed by atoms with E-state index in [0.29, 0.717) is 31.7 Å². The summed E-state index contributed by atoms with van der Waals surface area (Å²) in [5.74, 6) is 2.86. The van der Waals surface area contributed by atoms with Gasteiger partial charge in [-0.1, -0.05) is 35.3 Å². The molecule has 0 aromatic heterocycles. The molecule has 1 aliphatic rings. The monoisotopic (exact) mass is 414 g/mol. The first-order valence-corrected chi connectivity index (χ1v) is 10.5. The van der Waals surface area contributed by atoms with E-state index in [1.807, 2.05) is 35.7 Å². The fraction of sp³-hybridized carbons (Fsp3) is 0.278. The molecule has 2 aromatic rings. The SMILES string of the molecule is COc1cc(C2SCCS2)ccc1OC(=O)Cc1ccc(Cl)cc1Cl. The Labute approximate surface area is 165 Å². The van der Waals surface area contributed by atoms with E-state index >= 15 is 0 Å². The largest absolute Gasteiger partial charge is 0.493 e. The maximum absolute atomic E-state index is 12.3. The molecule has 2 aromatic carbocycles. The van der Waals surface area contributed by atoms with E-state index in [0.717, 1.165) is 11.5 Å². The minimum Gasteiger partial charge on any atom is -0.493 e. The molecule has 0 radical (unpaired) electrons. The molecule has 0 amide bonds. The van der Waals surface area contributed by atoms with Gasteiger partial charge in [-0.25, -0.2) is 0 Å². The molecule has 3 rings (SSSR count). The van der Waals surface area contributed by atoms with Crippen molar-refractivity contribution in [3.8, 4) is 11.5 Å². The molecular formula is C18H16Cl2O3S2. The van der Waals surface area contributed by atoms with Crippen molar-refractivity contribution in [3.05, 3.63) is 57.6 Å². The molecule has 1 saturated heterocycles. The number of carbonyl (C=O) groups is 1. The zero-order valence-electron chi connectivity index (χ0n) is 13.5. The predicted octanol–water partition coefficient (Wildman–Crippen LogP) is 5.63. The molecule has 7 heteroatoms. The quantitative estimate of drug-likeness (QED) is 0.467. The Morgan fingerprint density at radius 3 is 2.56 bits per heavy atom. The summed E-state index contributed by atoms with van der Waals surface area (Å²) in [4.78, 5) is 12.3. The van der Waals surface area contributed by atoms with Gasteiger partial charge in [0.1, 0.15) is 0 Å². The Morgan fingerprint density at radius 1 is 1.12 bits per heavy atom. The lowest BCUT2D eigenvalue weighted by Crippen LogP contribution is -2.12. The third kappa shape index (κ3) is 4.79. The van der Waals surface area contributed by atoms with E-state index in [2.05, 4.69) is 0 Å². The molecule has 0 saturated carbocycles. The fourth-order valence-electron chi connectivity index (χ4n) is 2.45. The van der Waals surface area contributed by atoms with Crippen LogP contribution in [0.25, 0.3) is 0 Å². The average molecular weight is 415 g/mol. The van der Waals surface area contributed by atoms with Gasteiger partial charge in [0.25, 0.3) is 0 Å². The topological polar surface area (TPSA) is 35.5 Å². The number of ether oxygens (including phenoxy) is 2. The highest BCUT2D eigenvalue weighted by molar-refractivity contribution is 8.19. The minimum atomic E-state index is -0.403. The number of benzene rings is 2. The number of hydrogen-bond acceptors (Lipinski definition) is 5. The van der Waals surface area contributed by atoms with Crippen molar-refractivity contribution < 1.29 is 14.3 Å². The van der Waals surface area contributed by atoms with Crippen LogP contribution in [0.4, 0.5) is 0 Å². The first-order chi connectivity index (χ1) is 12.1. The molecule has 25 heavy (non-hydrogen) atoms. The summed E-state index contributed by atoms with van der Waals surface area (Å²) >= 11 is 15.8. The molecular weight excluding hydrogens is 399 g/mol. The molecule has 1 aliphatic heterocycles. The maximum Gasteiger partial charge on any atom is 0.315 e. The summed E-state index contributed by atoms with van der Waals surface area (Å²) in [5.41, 5.74) is 1.84. The van der Waals surface area contributed by atoms with E-state index in [4.69, 9.17) is 32.7 Å². The molecule has 0 aliphatic carbocycles. The second kappa shape index (κ2) is 8.58. The number of methoxy groups -OCH3 is 1. The lowest BCUT2D eigenvalue weighted by atomic mass is 10.1. The van der Waals surface area contributed by atoms with Crippen LogP contribution in [0.3, 0.4) is 0 Å². The van der Waals surface area contributed by atoms with Gasteiger partial charge in [0, 0.05) is 21.6 Å². The fourth-order valence-corrected chi connectivity index (χ4v) is 5.76. The second-order valence-electron chi connectivity index (χ2n) is 5.37. The van der Waals surface area contributed by atoms with Gasteiger partial charge in [-0.3, -0.25) is 4.79 Å². The predicted molar refractivity (Wildman–Crippen MR) is 106 cm³/mol. The van der Waals surface area contributed by atoms with Crippen molar-refractivity contribution in [2.45, 2.75) is 11.0 Å². The van der Waals surface area contributed by atoms with Crippen molar-refractivity contribution in [2.24, 2.45) is 0 Å². The maximum atomic E-state index is 12.3. The first-order valence-electron chi connectivity index (χ1n) is 7.62. The Hall–Kier alpha value is -1.01. The Balaban J connectivity index is 1.71. The van der Waals surface area contributed by atoms with Crippen LogP contribution in [0, 0.1) is 0 Å². The Bertz CT molecular complexity index is 777. The second-order valence-corrected chi connectivity index (χ2v) is 8.94. The number of thioether (sulfide) groups is 2. The van der Waals surface area contributed by atoms with Crippen LogP contribution >= 0.6 is 46.7 Å². The minimum absolute atomic E-state index is 0.0647. The molecule has 1 heterocycles. The van der Waals surface area contributed by atoms with Crippen molar-refractivity contribution in [1.82, 2.24) is 0 Å². The highest BCUT2D eigenvalue weighted by Gasteiger charge is 2.20. The van der Waals surface area contributed by atoms with Crippen LogP contribution in [-0.2, 0) is 11.2 Å². The summed E-state index contributed by atoms with van der Waals surface area (Å²) in [7, 11) is 1.57. The summed E-state index contributed by atoms with van der Waals surface area (Å²) in [6.45, 7) is 0. The van der Waals surface area contributed by atoms with E-state index in [-0.39, 0.29) is 6.42 Å². The zero-order valence-corrected chi connectivity index (χ0v) is 16.6. The van der Waals surface area contributed by atoms with Crippen LogP contribution in [0.15, 0.2) is 36.4 Å². The summed E-state index contributed by atoms with van der Waals surface area (Å²) in [6.07, 6.45) is 0.0647. The lowest BCUT2D eigenvalue weighted by molar-refractivity contribution is -0.133. The third-order valence-corrected chi connectivity index (χ3v) is 7.35. The Morgan fingerprint density at radius 2 is 1.88 bits per heavy atom.